The van der Waals surface area contributed by atoms with Gasteiger partial charge >= 0.3 is 11.9 Å². The second kappa shape index (κ2) is 7.65. The zero-order valence-electron chi connectivity index (χ0n) is 15.2. The largest absolute Gasteiger partial charge is 0.468 e. The Hall–Kier alpha value is -3.10. The van der Waals surface area contributed by atoms with Crippen molar-refractivity contribution in [2.24, 2.45) is 0 Å². The highest BCUT2D eigenvalue weighted by molar-refractivity contribution is 6.10. The molecule has 1 fully saturated rings. The van der Waals surface area contributed by atoms with E-state index in [4.69, 9.17) is 4.74 Å². The Morgan fingerprint density at radius 1 is 1.07 bits per heavy atom. The van der Waals surface area contributed by atoms with Crippen LogP contribution in [0.2, 0.25) is 0 Å². The molecular formula is C18H21N3O6. The van der Waals surface area contributed by atoms with Crippen LogP contribution in [0, 0.1) is 0 Å². The quantitative estimate of drug-likeness (QED) is 0.657. The van der Waals surface area contributed by atoms with E-state index in [0.717, 1.165) is 0 Å². The lowest BCUT2D eigenvalue weighted by Crippen LogP contribution is -2.66. The average molecular weight is 375 g/mol. The highest BCUT2D eigenvalue weighted by atomic mass is 16.5. The molecule has 2 aliphatic heterocycles. The number of para-hydroxylation sites is 2. The molecule has 9 nitrogen and oxygen atoms in total. The van der Waals surface area contributed by atoms with Gasteiger partial charge in [-0.1, -0.05) is 12.1 Å². The van der Waals surface area contributed by atoms with Crippen molar-refractivity contribution in [3.8, 4) is 0 Å². The molecule has 0 saturated carbocycles. The van der Waals surface area contributed by atoms with Gasteiger partial charge in [0.2, 0.25) is 11.8 Å². The summed E-state index contributed by atoms with van der Waals surface area (Å²) in [5.41, 5.74) is 1.25. The molecule has 3 rings (SSSR count). The summed E-state index contributed by atoms with van der Waals surface area (Å²) < 4.78 is 9.61. The summed E-state index contributed by atoms with van der Waals surface area (Å²) in [6.07, 6.45) is 0. The summed E-state index contributed by atoms with van der Waals surface area (Å²) in [6, 6.07) is 6.28. The number of hydrogen-bond donors (Lipinski definition) is 0. The first kappa shape index (κ1) is 18.7. The molecule has 0 aromatic heterocycles. The summed E-state index contributed by atoms with van der Waals surface area (Å²) in [6.45, 7) is 1.60. The van der Waals surface area contributed by atoms with Crippen LogP contribution in [0.4, 0.5) is 11.4 Å². The third kappa shape index (κ3) is 3.57. The topological polar surface area (TPSA) is 96.5 Å². The molecule has 2 amide bonds. The molecule has 9 heteroatoms. The molecule has 144 valence electrons. The first-order valence-electron chi connectivity index (χ1n) is 8.63. The van der Waals surface area contributed by atoms with Crippen LogP contribution in [-0.4, -0.2) is 74.6 Å². The van der Waals surface area contributed by atoms with E-state index >= 15 is 0 Å². The number of amides is 2. The van der Waals surface area contributed by atoms with Crippen molar-refractivity contribution in [2.45, 2.75) is 13.0 Å². The molecule has 2 heterocycles. The SMILES string of the molecule is CCOC(=O)CN1CC2C(=O)N(CC(=O)OC)CC(=O)N2c2ccccc21. The van der Waals surface area contributed by atoms with E-state index in [0.29, 0.717) is 11.4 Å². The number of fused-ring (bicyclic) bond motifs is 3. The van der Waals surface area contributed by atoms with Crippen LogP contribution in [-0.2, 0) is 28.7 Å². The van der Waals surface area contributed by atoms with Gasteiger partial charge in [-0.25, -0.2) is 0 Å². The normalized spacial score (nSPS) is 18.7. The lowest BCUT2D eigenvalue weighted by atomic mass is 10.0. The minimum Gasteiger partial charge on any atom is -0.468 e. The maximum atomic E-state index is 12.9. The summed E-state index contributed by atoms with van der Waals surface area (Å²) in [5.74, 6) is -1.65. The van der Waals surface area contributed by atoms with E-state index in [-0.39, 0.29) is 44.6 Å². The standard InChI is InChI=1S/C18H21N3O6/c1-3-27-17(24)11-19-8-14-18(25)20(10-16(23)26-2)9-15(22)21(14)13-7-5-4-6-12(13)19/h4-7,14H,3,8-11H2,1-2H3. The second-order valence-electron chi connectivity index (χ2n) is 6.22. The maximum Gasteiger partial charge on any atom is 0.325 e. The summed E-state index contributed by atoms with van der Waals surface area (Å²) in [5, 5.41) is 0. The van der Waals surface area contributed by atoms with Crippen LogP contribution in [0.25, 0.3) is 0 Å². The Balaban J connectivity index is 1.92. The molecule has 0 bridgehead atoms. The number of hydrogen-bond acceptors (Lipinski definition) is 7. The van der Waals surface area contributed by atoms with E-state index in [1.165, 1.54) is 16.9 Å². The van der Waals surface area contributed by atoms with Crippen LogP contribution < -0.4 is 9.80 Å². The van der Waals surface area contributed by atoms with Crippen molar-refractivity contribution in [3.05, 3.63) is 24.3 Å². The monoisotopic (exact) mass is 375 g/mol. The fraction of sp³-hybridized carbons (Fsp3) is 0.444. The van der Waals surface area contributed by atoms with E-state index in [1.807, 2.05) is 0 Å². The fourth-order valence-electron chi connectivity index (χ4n) is 3.38. The predicted octanol–water partition coefficient (Wildman–Crippen LogP) is -0.213. The molecule has 2 aliphatic rings. The molecular weight excluding hydrogens is 354 g/mol. The number of methoxy groups -OCH3 is 1. The Labute approximate surface area is 156 Å². The first-order valence-corrected chi connectivity index (χ1v) is 8.63. The molecule has 0 N–H and O–H groups in total. The van der Waals surface area contributed by atoms with Crippen LogP contribution in [0.3, 0.4) is 0 Å². The number of benzene rings is 1. The van der Waals surface area contributed by atoms with Gasteiger partial charge < -0.3 is 19.3 Å². The average Bonchev–Trinajstić information content (AvgIpc) is 2.65. The van der Waals surface area contributed by atoms with Gasteiger partial charge in [-0.05, 0) is 19.1 Å². The van der Waals surface area contributed by atoms with E-state index in [9.17, 15) is 19.2 Å². The Bertz CT molecular complexity index is 780. The van der Waals surface area contributed by atoms with Gasteiger partial charge in [-0.3, -0.25) is 24.1 Å². The second-order valence-corrected chi connectivity index (χ2v) is 6.22. The van der Waals surface area contributed by atoms with Crippen molar-refractivity contribution >= 4 is 35.1 Å². The molecule has 0 radical (unpaired) electrons. The summed E-state index contributed by atoms with van der Waals surface area (Å²) in [4.78, 5) is 53.5. The van der Waals surface area contributed by atoms with Gasteiger partial charge in [-0.15, -0.1) is 0 Å². The van der Waals surface area contributed by atoms with Crippen molar-refractivity contribution < 1.29 is 28.7 Å². The van der Waals surface area contributed by atoms with E-state index < -0.39 is 18.0 Å². The number of piperazine rings is 1. The zero-order valence-corrected chi connectivity index (χ0v) is 15.2. The van der Waals surface area contributed by atoms with E-state index in [1.54, 1.807) is 36.1 Å². The Morgan fingerprint density at radius 2 is 1.74 bits per heavy atom. The molecule has 0 spiro atoms. The minimum atomic E-state index is -0.819. The highest BCUT2D eigenvalue weighted by Crippen LogP contribution is 2.37. The molecule has 1 aromatic rings. The van der Waals surface area contributed by atoms with Crippen LogP contribution >= 0.6 is 0 Å². The van der Waals surface area contributed by atoms with Gasteiger partial charge in [0.1, 0.15) is 25.7 Å². The fourth-order valence-corrected chi connectivity index (χ4v) is 3.38. The van der Waals surface area contributed by atoms with Gasteiger partial charge in [-0.2, -0.15) is 0 Å². The molecule has 1 atom stereocenters. The number of anilines is 2. The van der Waals surface area contributed by atoms with Gasteiger partial charge in [0.15, 0.2) is 0 Å². The maximum absolute atomic E-state index is 12.9. The molecule has 27 heavy (non-hydrogen) atoms. The smallest absolute Gasteiger partial charge is 0.325 e. The lowest BCUT2D eigenvalue weighted by Gasteiger charge is -2.46. The number of carbonyl (C=O) groups excluding carboxylic acids is 4. The van der Waals surface area contributed by atoms with Crippen molar-refractivity contribution in [3.63, 3.8) is 0 Å². The number of ether oxygens (including phenoxy) is 2. The van der Waals surface area contributed by atoms with Crippen LogP contribution in [0.1, 0.15) is 6.92 Å². The summed E-state index contributed by atoms with van der Waals surface area (Å²) in [7, 11) is 1.23. The Morgan fingerprint density at radius 3 is 2.41 bits per heavy atom. The van der Waals surface area contributed by atoms with Crippen LogP contribution in [0.15, 0.2) is 24.3 Å². The van der Waals surface area contributed by atoms with Crippen molar-refractivity contribution in [2.75, 3.05) is 49.7 Å². The zero-order chi connectivity index (χ0) is 19.6. The van der Waals surface area contributed by atoms with Gasteiger partial charge in [0, 0.05) is 6.54 Å². The lowest BCUT2D eigenvalue weighted by molar-refractivity contribution is -0.150. The number of rotatable bonds is 5. The number of carbonyl (C=O) groups is 4. The molecule has 0 aliphatic carbocycles. The predicted molar refractivity (Wildman–Crippen MR) is 95.2 cm³/mol. The summed E-state index contributed by atoms with van der Waals surface area (Å²) >= 11 is 0. The van der Waals surface area contributed by atoms with Gasteiger partial charge in [0.25, 0.3) is 0 Å². The molecule has 1 aromatic carbocycles. The number of nitrogens with zero attached hydrogens (tertiary/aromatic N) is 3. The minimum absolute atomic E-state index is 0.0341. The number of esters is 2. The Kier molecular flexibility index (Phi) is 5.29. The third-order valence-corrected chi connectivity index (χ3v) is 4.55. The molecule has 1 saturated heterocycles. The van der Waals surface area contributed by atoms with E-state index in [2.05, 4.69) is 4.74 Å². The van der Waals surface area contributed by atoms with Crippen LogP contribution in [0.5, 0.6) is 0 Å². The third-order valence-electron chi connectivity index (χ3n) is 4.55. The van der Waals surface area contributed by atoms with Crippen molar-refractivity contribution in [1.29, 1.82) is 0 Å². The van der Waals surface area contributed by atoms with Crippen molar-refractivity contribution in [1.82, 2.24) is 4.90 Å². The first-order chi connectivity index (χ1) is 13.0. The molecule has 1 unspecified atom stereocenters. The highest BCUT2D eigenvalue weighted by Gasteiger charge is 2.45. The van der Waals surface area contributed by atoms with Gasteiger partial charge in [0.05, 0.1) is 25.1 Å².